The van der Waals surface area contributed by atoms with Crippen LogP contribution in [-0.4, -0.2) is 43.9 Å². The van der Waals surface area contributed by atoms with Gasteiger partial charge in [-0.2, -0.15) is 0 Å². The highest BCUT2D eigenvalue weighted by molar-refractivity contribution is 8.00. The summed E-state index contributed by atoms with van der Waals surface area (Å²) in [5.41, 5.74) is 4.31. The smallest absolute Gasteiger partial charge is 0.237 e. The molecule has 1 saturated heterocycles. The van der Waals surface area contributed by atoms with Crippen LogP contribution in [0, 0.1) is 13.8 Å². The first-order valence-corrected chi connectivity index (χ1v) is 12.6. The van der Waals surface area contributed by atoms with Gasteiger partial charge in [0.05, 0.1) is 18.3 Å². The van der Waals surface area contributed by atoms with Crippen molar-refractivity contribution in [3.63, 3.8) is 0 Å². The highest BCUT2D eigenvalue weighted by Gasteiger charge is 2.22. The molecule has 2 aromatic carbocycles. The van der Waals surface area contributed by atoms with Crippen LogP contribution in [0.4, 0.5) is 5.69 Å². The summed E-state index contributed by atoms with van der Waals surface area (Å²) in [4.78, 5) is 15.4. The van der Waals surface area contributed by atoms with Crippen LogP contribution in [-0.2, 0) is 17.9 Å². The average molecular weight is 464 g/mol. The number of aromatic nitrogens is 3. The summed E-state index contributed by atoms with van der Waals surface area (Å²) in [6.45, 7) is 9.70. The van der Waals surface area contributed by atoms with Crippen molar-refractivity contribution < 1.29 is 4.79 Å². The van der Waals surface area contributed by atoms with E-state index in [1.54, 1.807) is 0 Å². The lowest BCUT2D eigenvalue weighted by Gasteiger charge is -2.26. The first kappa shape index (κ1) is 23.5. The molecule has 33 heavy (non-hydrogen) atoms. The van der Waals surface area contributed by atoms with E-state index in [2.05, 4.69) is 62.2 Å². The Morgan fingerprint density at radius 3 is 2.52 bits per heavy atom. The fourth-order valence-corrected chi connectivity index (χ4v) is 5.03. The Bertz CT molecular complexity index is 1080. The molecule has 7 heteroatoms. The molecule has 174 valence electrons. The maximum absolute atomic E-state index is 12.9. The van der Waals surface area contributed by atoms with Crippen LogP contribution in [0.5, 0.6) is 0 Å². The number of thioether (sulfide) groups is 1. The Morgan fingerprint density at radius 1 is 1.03 bits per heavy atom. The van der Waals surface area contributed by atoms with Crippen LogP contribution >= 0.6 is 11.8 Å². The molecule has 1 aromatic heterocycles. The Balaban J connectivity index is 1.50. The molecule has 3 aromatic rings. The summed E-state index contributed by atoms with van der Waals surface area (Å²) < 4.78 is 2.18. The van der Waals surface area contributed by atoms with E-state index in [1.165, 1.54) is 42.2 Å². The SMILES string of the molecule is Cc1ccc(NC(=O)C(C)Sc2nnc(CN3CCCCC3)n2Cc2ccccc2)c(C)c1. The van der Waals surface area contributed by atoms with Crippen LogP contribution in [0.2, 0.25) is 0 Å². The van der Waals surface area contributed by atoms with Crippen molar-refractivity contribution in [2.45, 2.75) is 63.5 Å². The molecule has 0 aliphatic carbocycles. The lowest BCUT2D eigenvalue weighted by atomic mass is 10.1. The van der Waals surface area contributed by atoms with Gasteiger partial charge in [0.2, 0.25) is 5.91 Å². The van der Waals surface area contributed by atoms with E-state index in [1.807, 2.05) is 32.0 Å². The molecular formula is C26H33N5OS. The summed E-state index contributed by atoms with van der Waals surface area (Å²) in [5.74, 6) is 0.934. The molecule has 1 aliphatic rings. The minimum absolute atomic E-state index is 0.0289. The van der Waals surface area contributed by atoms with E-state index < -0.39 is 0 Å². The first-order chi connectivity index (χ1) is 16.0. The molecule has 1 unspecified atom stereocenters. The van der Waals surface area contributed by atoms with Gasteiger partial charge >= 0.3 is 0 Å². The van der Waals surface area contributed by atoms with Crippen molar-refractivity contribution in [3.05, 3.63) is 71.0 Å². The van der Waals surface area contributed by atoms with Crippen LogP contribution < -0.4 is 5.32 Å². The zero-order chi connectivity index (χ0) is 23.2. The van der Waals surface area contributed by atoms with Crippen molar-refractivity contribution in [3.8, 4) is 0 Å². The molecule has 0 spiro atoms. The molecule has 1 amide bonds. The molecule has 1 N–H and O–H groups in total. The Hall–Kier alpha value is -2.64. The van der Waals surface area contributed by atoms with Crippen LogP contribution in [0.25, 0.3) is 0 Å². The molecule has 0 radical (unpaired) electrons. The fourth-order valence-electron chi connectivity index (χ4n) is 4.17. The number of carbonyl (C=O) groups excluding carboxylic acids is 1. The normalized spacial score (nSPS) is 15.4. The molecule has 0 bridgehead atoms. The number of anilines is 1. The number of benzene rings is 2. The Morgan fingerprint density at radius 2 is 1.79 bits per heavy atom. The minimum Gasteiger partial charge on any atom is -0.325 e. The van der Waals surface area contributed by atoms with Gasteiger partial charge < -0.3 is 9.88 Å². The number of amides is 1. The molecule has 1 fully saturated rings. The van der Waals surface area contributed by atoms with E-state index in [4.69, 9.17) is 0 Å². The maximum atomic E-state index is 12.9. The molecule has 2 heterocycles. The van der Waals surface area contributed by atoms with Crippen molar-refractivity contribution in [1.29, 1.82) is 0 Å². The van der Waals surface area contributed by atoms with Gasteiger partial charge in [-0.1, -0.05) is 66.2 Å². The molecule has 4 rings (SSSR count). The second kappa shape index (κ2) is 11.0. The third-order valence-electron chi connectivity index (χ3n) is 6.08. The van der Waals surface area contributed by atoms with Crippen LogP contribution in [0.3, 0.4) is 0 Å². The summed E-state index contributed by atoms with van der Waals surface area (Å²) in [7, 11) is 0. The molecule has 1 atom stereocenters. The van der Waals surface area contributed by atoms with Gasteiger partial charge in [-0.15, -0.1) is 10.2 Å². The number of likely N-dealkylation sites (tertiary alicyclic amines) is 1. The number of piperidine rings is 1. The van der Waals surface area contributed by atoms with Crippen molar-refractivity contribution in [2.24, 2.45) is 0 Å². The number of hydrogen-bond acceptors (Lipinski definition) is 5. The standard InChI is InChI=1S/C26H33N5OS/c1-19-12-13-23(20(2)16-19)27-25(32)21(3)33-26-29-28-24(18-30-14-8-5-9-15-30)31(26)17-22-10-6-4-7-11-22/h4,6-7,10-13,16,21H,5,8-9,14-15,17-18H2,1-3H3,(H,27,32). The largest absolute Gasteiger partial charge is 0.325 e. The topological polar surface area (TPSA) is 63.1 Å². The van der Waals surface area contributed by atoms with E-state index in [0.29, 0.717) is 6.54 Å². The highest BCUT2D eigenvalue weighted by atomic mass is 32.2. The van der Waals surface area contributed by atoms with Gasteiger partial charge in [0.1, 0.15) is 5.82 Å². The van der Waals surface area contributed by atoms with Gasteiger partial charge in [-0.25, -0.2) is 0 Å². The summed E-state index contributed by atoms with van der Waals surface area (Å²) in [6, 6.07) is 16.4. The van der Waals surface area contributed by atoms with Crippen LogP contribution in [0.15, 0.2) is 53.7 Å². The van der Waals surface area contributed by atoms with Gasteiger partial charge in [0.25, 0.3) is 0 Å². The number of hydrogen-bond donors (Lipinski definition) is 1. The first-order valence-electron chi connectivity index (χ1n) is 11.7. The Kier molecular flexibility index (Phi) is 7.83. The number of nitrogens with one attached hydrogen (secondary N) is 1. The summed E-state index contributed by atoms with van der Waals surface area (Å²) in [5, 5.41) is 12.6. The fraction of sp³-hybridized carbons (Fsp3) is 0.423. The predicted octanol–water partition coefficient (Wildman–Crippen LogP) is 5.05. The van der Waals surface area contributed by atoms with Crippen molar-refractivity contribution in [1.82, 2.24) is 19.7 Å². The van der Waals surface area contributed by atoms with E-state index >= 15 is 0 Å². The van der Waals surface area contributed by atoms with Gasteiger partial charge in [-0.3, -0.25) is 9.69 Å². The lowest BCUT2D eigenvalue weighted by molar-refractivity contribution is -0.115. The van der Waals surface area contributed by atoms with Gasteiger partial charge in [0.15, 0.2) is 5.16 Å². The van der Waals surface area contributed by atoms with E-state index in [-0.39, 0.29) is 11.2 Å². The zero-order valence-electron chi connectivity index (χ0n) is 19.8. The summed E-state index contributed by atoms with van der Waals surface area (Å²) >= 11 is 1.47. The second-order valence-corrected chi connectivity index (χ2v) is 10.2. The number of carbonyl (C=O) groups is 1. The Labute approximate surface area is 200 Å². The second-order valence-electron chi connectivity index (χ2n) is 8.88. The molecule has 0 saturated carbocycles. The third-order valence-corrected chi connectivity index (χ3v) is 7.16. The van der Waals surface area contributed by atoms with Gasteiger partial charge in [-0.05, 0) is 63.9 Å². The molecular weight excluding hydrogens is 430 g/mol. The zero-order valence-corrected chi connectivity index (χ0v) is 20.6. The van der Waals surface area contributed by atoms with E-state index in [0.717, 1.165) is 41.9 Å². The highest BCUT2D eigenvalue weighted by Crippen LogP contribution is 2.26. The predicted molar refractivity (Wildman–Crippen MR) is 135 cm³/mol. The summed E-state index contributed by atoms with van der Waals surface area (Å²) in [6.07, 6.45) is 3.79. The average Bonchev–Trinajstić information content (AvgIpc) is 3.17. The number of rotatable bonds is 8. The monoisotopic (exact) mass is 463 g/mol. The molecule has 6 nitrogen and oxygen atoms in total. The van der Waals surface area contributed by atoms with Crippen molar-refractivity contribution >= 4 is 23.4 Å². The number of nitrogens with zero attached hydrogens (tertiary/aromatic N) is 4. The maximum Gasteiger partial charge on any atom is 0.237 e. The number of aryl methyl sites for hydroxylation is 2. The minimum atomic E-state index is -0.299. The lowest BCUT2D eigenvalue weighted by Crippen LogP contribution is -2.30. The van der Waals surface area contributed by atoms with Crippen molar-refractivity contribution in [2.75, 3.05) is 18.4 Å². The van der Waals surface area contributed by atoms with Gasteiger partial charge in [0, 0.05) is 5.69 Å². The van der Waals surface area contributed by atoms with Crippen LogP contribution in [0.1, 0.15) is 48.7 Å². The third kappa shape index (κ3) is 6.24. The quantitative estimate of drug-likeness (QED) is 0.474. The van der Waals surface area contributed by atoms with E-state index in [9.17, 15) is 4.79 Å². The molecule has 1 aliphatic heterocycles.